The van der Waals surface area contributed by atoms with Crippen molar-refractivity contribution in [1.29, 1.82) is 0 Å². The lowest BCUT2D eigenvalue weighted by Crippen LogP contribution is -2.32. The maximum atomic E-state index is 5.85. The number of rotatable bonds is 7. The van der Waals surface area contributed by atoms with Gasteiger partial charge in [-0.15, -0.1) is 0 Å². The molecule has 1 saturated heterocycles. The van der Waals surface area contributed by atoms with E-state index in [1.807, 2.05) is 17.8 Å². The molecule has 6 heteroatoms. The molecule has 0 atom stereocenters. The summed E-state index contributed by atoms with van der Waals surface area (Å²) in [5.41, 5.74) is 3.31. The number of aromatic nitrogens is 2. The highest BCUT2D eigenvalue weighted by atomic mass is 16.5. The van der Waals surface area contributed by atoms with Crippen LogP contribution in [0.25, 0.3) is 11.3 Å². The van der Waals surface area contributed by atoms with Gasteiger partial charge in [0.2, 0.25) is 0 Å². The Kier molecular flexibility index (Phi) is 6.49. The zero-order valence-electron chi connectivity index (χ0n) is 17.0. The van der Waals surface area contributed by atoms with E-state index in [-0.39, 0.29) is 0 Å². The average molecular weight is 385 g/mol. The average Bonchev–Trinajstić information content (AvgIpc) is 2.94. The first-order valence-electron chi connectivity index (χ1n) is 10.7. The Hall–Kier alpha value is -2.05. The monoisotopic (exact) mass is 384 g/mol. The van der Waals surface area contributed by atoms with Crippen LogP contribution in [-0.2, 0) is 13.6 Å². The molecule has 0 bridgehead atoms. The summed E-state index contributed by atoms with van der Waals surface area (Å²) in [6.07, 6.45) is 8.35. The number of nitrogens with zero attached hydrogens (tertiary/aromatic N) is 3. The fourth-order valence-corrected chi connectivity index (χ4v) is 4.05. The molecule has 152 valence electrons. The number of likely N-dealkylation sites (tertiary alicyclic amines) is 1. The minimum Gasteiger partial charge on any atom is -0.490 e. The number of piperidine rings is 1. The van der Waals surface area contributed by atoms with E-state index in [0.29, 0.717) is 13.2 Å². The lowest BCUT2D eigenvalue weighted by atomic mass is 10.1. The molecule has 1 fully saturated rings. The molecule has 1 aromatic heterocycles. The molecule has 4 rings (SSSR count). The van der Waals surface area contributed by atoms with E-state index in [4.69, 9.17) is 14.6 Å². The number of nitrogens with one attached hydrogen (secondary N) is 1. The van der Waals surface area contributed by atoms with Gasteiger partial charge in [-0.1, -0.05) is 6.42 Å². The molecule has 28 heavy (non-hydrogen) atoms. The number of ether oxygens (including phenoxy) is 2. The van der Waals surface area contributed by atoms with Gasteiger partial charge in [0.1, 0.15) is 0 Å². The molecule has 0 radical (unpaired) electrons. The SMILES string of the molecule is Cn1cc(CNCCCN2CCCCC2)c(-c2ccc3c(c2)OCCCO3)n1. The van der Waals surface area contributed by atoms with Gasteiger partial charge in [-0.2, -0.15) is 5.10 Å². The van der Waals surface area contributed by atoms with E-state index < -0.39 is 0 Å². The maximum absolute atomic E-state index is 5.85. The fourth-order valence-electron chi connectivity index (χ4n) is 4.05. The molecule has 1 aromatic carbocycles. The molecule has 0 aliphatic carbocycles. The van der Waals surface area contributed by atoms with Crippen LogP contribution in [0.5, 0.6) is 11.5 Å². The van der Waals surface area contributed by atoms with E-state index in [2.05, 4.69) is 28.5 Å². The highest BCUT2D eigenvalue weighted by Crippen LogP contribution is 2.34. The summed E-state index contributed by atoms with van der Waals surface area (Å²) < 4.78 is 13.5. The van der Waals surface area contributed by atoms with Gasteiger partial charge in [0, 0.05) is 37.3 Å². The lowest BCUT2D eigenvalue weighted by Gasteiger charge is -2.26. The number of fused-ring (bicyclic) bond motifs is 1. The van der Waals surface area contributed by atoms with Gasteiger partial charge >= 0.3 is 0 Å². The van der Waals surface area contributed by atoms with Gasteiger partial charge in [0.25, 0.3) is 0 Å². The van der Waals surface area contributed by atoms with Crippen LogP contribution in [0.4, 0.5) is 0 Å². The quantitative estimate of drug-likeness (QED) is 0.743. The molecular weight excluding hydrogens is 352 g/mol. The Labute approximate surface area is 167 Å². The first-order valence-corrected chi connectivity index (χ1v) is 10.7. The molecule has 0 unspecified atom stereocenters. The van der Waals surface area contributed by atoms with Crippen molar-refractivity contribution in [2.24, 2.45) is 7.05 Å². The fraction of sp³-hybridized carbons (Fsp3) is 0.591. The summed E-state index contributed by atoms with van der Waals surface area (Å²) in [7, 11) is 1.98. The summed E-state index contributed by atoms with van der Waals surface area (Å²) in [6.45, 7) is 7.03. The van der Waals surface area contributed by atoms with Crippen molar-refractivity contribution in [1.82, 2.24) is 20.0 Å². The predicted octanol–water partition coefficient (Wildman–Crippen LogP) is 3.21. The molecular formula is C22H32N4O2. The molecule has 0 spiro atoms. The molecule has 6 nitrogen and oxygen atoms in total. The van der Waals surface area contributed by atoms with Crippen LogP contribution in [0.15, 0.2) is 24.4 Å². The summed E-state index contributed by atoms with van der Waals surface area (Å²) in [4.78, 5) is 2.60. The summed E-state index contributed by atoms with van der Waals surface area (Å²) >= 11 is 0. The van der Waals surface area contributed by atoms with Crippen LogP contribution in [0.3, 0.4) is 0 Å². The molecule has 3 heterocycles. The van der Waals surface area contributed by atoms with Gasteiger partial charge in [-0.3, -0.25) is 4.68 Å². The topological polar surface area (TPSA) is 51.6 Å². The standard InChI is InChI=1S/C22H32N4O2/c1-25-17-19(16-23-9-5-12-26-10-3-2-4-11-26)22(24-25)18-7-8-20-21(15-18)28-14-6-13-27-20/h7-8,15,17,23H,2-6,9-14,16H2,1H3. The van der Waals surface area contributed by atoms with E-state index in [1.54, 1.807) is 0 Å². The second-order valence-electron chi connectivity index (χ2n) is 7.82. The molecule has 2 aliphatic rings. The molecule has 0 saturated carbocycles. The Morgan fingerprint density at radius 1 is 1.04 bits per heavy atom. The molecule has 1 N–H and O–H groups in total. The summed E-state index contributed by atoms with van der Waals surface area (Å²) in [6, 6.07) is 6.14. The second-order valence-corrected chi connectivity index (χ2v) is 7.82. The highest BCUT2D eigenvalue weighted by molar-refractivity contribution is 5.66. The number of hydrogen-bond acceptors (Lipinski definition) is 5. The largest absolute Gasteiger partial charge is 0.490 e. The third-order valence-electron chi connectivity index (χ3n) is 5.52. The van der Waals surface area contributed by atoms with Gasteiger partial charge in [-0.25, -0.2) is 0 Å². The van der Waals surface area contributed by atoms with Crippen LogP contribution in [-0.4, -0.2) is 54.1 Å². The number of aryl methyl sites for hydroxylation is 1. The lowest BCUT2D eigenvalue weighted by molar-refractivity contribution is 0.225. The first kappa shape index (κ1) is 19.3. The third-order valence-corrected chi connectivity index (χ3v) is 5.52. The van der Waals surface area contributed by atoms with E-state index in [1.165, 1.54) is 50.9 Å². The number of benzene rings is 1. The Morgan fingerprint density at radius 2 is 1.86 bits per heavy atom. The zero-order chi connectivity index (χ0) is 19.2. The molecule has 2 aliphatic heterocycles. The Morgan fingerprint density at radius 3 is 2.71 bits per heavy atom. The van der Waals surface area contributed by atoms with Crippen molar-refractivity contribution in [2.75, 3.05) is 39.4 Å². The summed E-state index contributed by atoms with van der Waals surface area (Å²) in [5, 5.41) is 8.30. The first-order chi connectivity index (χ1) is 13.8. The van der Waals surface area contributed by atoms with Crippen molar-refractivity contribution in [3.63, 3.8) is 0 Å². The Bertz CT molecular complexity index is 768. The normalized spacial score (nSPS) is 17.5. The van der Waals surface area contributed by atoms with Crippen molar-refractivity contribution < 1.29 is 9.47 Å². The van der Waals surface area contributed by atoms with Crippen molar-refractivity contribution >= 4 is 0 Å². The van der Waals surface area contributed by atoms with Crippen LogP contribution >= 0.6 is 0 Å². The van der Waals surface area contributed by atoms with Gasteiger partial charge in [0.05, 0.1) is 18.9 Å². The third kappa shape index (κ3) is 4.86. The van der Waals surface area contributed by atoms with Gasteiger partial charge in [0.15, 0.2) is 11.5 Å². The predicted molar refractivity (Wildman–Crippen MR) is 111 cm³/mol. The van der Waals surface area contributed by atoms with E-state index in [9.17, 15) is 0 Å². The van der Waals surface area contributed by atoms with Gasteiger partial charge < -0.3 is 19.7 Å². The van der Waals surface area contributed by atoms with Crippen LogP contribution < -0.4 is 14.8 Å². The van der Waals surface area contributed by atoms with Crippen LogP contribution in [0.1, 0.15) is 37.7 Å². The summed E-state index contributed by atoms with van der Waals surface area (Å²) in [5.74, 6) is 1.65. The van der Waals surface area contributed by atoms with E-state index >= 15 is 0 Å². The molecule has 0 amide bonds. The molecule has 2 aromatic rings. The Balaban J connectivity index is 1.35. The van der Waals surface area contributed by atoms with Gasteiger partial charge in [-0.05, 0) is 63.6 Å². The van der Waals surface area contributed by atoms with Crippen molar-refractivity contribution in [3.05, 3.63) is 30.0 Å². The van der Waals surface area contributed by atoms with Crippen LogP contribution in [0.2, 0.25) is 0 Å². The smallest absolute Gasteiger partial charge is 0.161 e. The number of hydrogen-bond donors (Lipinski definition) is 1. The van der Waals surface area contributed by atoms with Crippen molar-refractivity contribution in [2.45, 2.75) is 38.6 Å². The maximum Gasteiger partial charge on any atom is 0.161 e. The highest BCUT2D eigenvalue weighted by Gasteiger charge is 2.15. The van der Waals surface area contributed by atoms with E-state index in [0.717, 1.165) is 42.3 Å². The van der Waals surface area contributed by atoms with Crippen molar-refractivity contribution in [3.8, 4) is 22.8 Å². The minimum absolute atomic E-state index is 0.699. The van der Waals surface area contributed by atoms with Crippen LogP contribution in [0, 0.1) is 0 Å². The second kappa shape index (κ2) is 9.43. The minimum atomic E-state index is 0.699. The zero-order valence-corrected chi connectivity index (χ0v) is 17.0.